The minimum atomic E-state index is -1.78. The van der Waals surface area contributed by atoms with Gasteiger partial charge in [0, 0.05) is 5.46 Å². The Kier molecular flexibility index (Phi) is 4.15. The maximum absolute atomic E-state index is 13.2. The molecule has 1 aliphatic carbocycles. The Morgan fingerprint density at radius 1 is 1.29 bits per heavy atom. The number of ether oxygens (including phenoxy) is 1. The molecule has 17 heavy (non-hydrogen) atoms. The van der Waals surface area contributed by atoms with Gasteiger partial charge in [-0.3, -0.25) is 0 Å². The van der Waals surface area contributed by atoms with Crippen molar-refractivity contribution in [3.05, 3.63) is 29.6 Å². The van der Waals surface area contributed by atoms with Gasteiger partial charge >= 0.3 is 7.12 Å². The van der Waals surface area contributed by atoms with E-state index in [1.165, 1.54) is 25.0 Å². The Balaban J connectivity index is 1.98. The second-order valence-electron chi connectivity index (χ2n) is 4.45. The van der Waals surface area contributed by atoms with Crippen molar-refractivity contribution in [3.8, 4) is 0 Å². The first-order chi connectivity index (χ1) is 8.16. The summed E-state index contributed by atoms with van der Waals surface area (Å²) in [7, 11) is -1.78. The highest BCUT2D eigenvalue weighted by Gasteiger charge is 2.18. The lowest BCUT2D eigenvalue weighted by Gasteiger charge is -2.12. The van der Waals surface area contributed by atoms with Crippen molar-refractivity contribution in [2.75, 3.05) is 0 Å². The van der Waals surface area contributed by atoms with Gasteiger partial charge in [-0.2, -0.15) is 0 Å². The summed E-state index contributed by atoms with van der Waals surface area (Å²) in [6.45, 7) is 0.394. The molecule has 0 heterocycles. The molecule has 0 bridgehead atoms. The maximum atomic E-state index is 13.2. The molecule has 1 aliphatic rings. The molecule has 0 radical (unpaired) electrons. The van der Waals surface area contributed by atoms with E-state index in [4.69, 9.17) is 14.8 Å². The van der Waals surface area contributed by atoms with Crippen LogP contribution in [0.3, 0.4) is 0 Å². The minimum absolute atomic E-state index is 0.0995. The molecule has 0 aromatic heterocycles. The molecule has 92 valence electrons. The molecule has 0 spiro atoms. The van der Waals surface area contributed by atoms with Crippen LogP contribution in [0.2, 0.25) is 0 Å². The summed E-state index contributed by atoms with van der Waals surface area (Å²) in [5.41, 5.74) is 0.666. The van der Waals surface area contributed by atoms with Gasteiger partial charge in [0.15, 0.2) is 0 Å². The number of hydrogen-bond donors (Lipinski definition) is 2. The van der Waals surface area contributed by atoms with Gasteiger partial charge in [-0.1, -0.05) is 25.0 Å². The van der Waals surface area contributed by atoms with Crippen LogP contribution in [0.1, 0.15) is 31.2 Å². The Labute approximate surface area is 100 Å². The number of benzene rings is 1. The first-order valence-electron chi connectivity index (χ1n) is 5.93. The van der Waals surface area contributed by atoms with Crippen molar-refractivity contribution in [3.63, 3.8) is 0 Å². The van der Waals surface area contributed by atoms with Gasteiger partial charge in [0.05, 0.1) is 12.7 Å². The lowest BCUT2D eigenvalue weighted by atomic mass is 9.79. The van der Waals surface area contributed by atoms with E-state index in [2.05, 4.69) is 0 Å². The van der Waals surface area contributed by atoms with Crippen LogP contribution in [0.15, 0.2) is 18.2 Å². The molecular weight excluding hydrogens is 222 g/mol. The first-order valence-corrected chi connectivity index (χ1v) is 5.93. The van der Waals surface area contributed by atoms with E-state index in [-0.39, 0.29) is 5.46 Å². The SMILES string of the molecule is OB(O)c1cc(COC2CCCC2)ccc1F. The van der Waals surface area contributed by atoms with Crippen molar-refractivity contribution >= 4 is 12.6 Å². The third-order valence-electron chi connectivity index (χ3n) is 3.13. The van der Waals surface area contributed by atoms with E-state index in [0.717, 1.165) is 18.4 Å². The maximum Gasteiger partial charge on any atom is 0.491 e. The van der Waals surface area contributed by atoms with Crippen LogP contribution in [0.4, 0.5) is 4.39 Å². The fraction of sp³-hybridized carbons (Fsp3) is 0.500. The number of rotatable bonds is 4. The van der Waals surface area contributed by atoms with Crippen molar-refractivity contribution in [2.24, 2.45) is 0 Å². The van der Waals surface area contributed by atoms with Crippen molar-refractivity contribution in [1.29, 1.82) is 0 Å². The molecular formula is C12H16BFO3. The van der Waals surface area contributed by atoms with Gasteiger partial charge < -0.3 is 14.8 Å². The van der Waals surface area contributed by atoms with Gasteiger partial charge in [-0.15, -0.1) is 0 Å². The van der Waals surface area contributed by atoms with Crippen LogP contribution >= 0.6 is 0 Å². The van der Waals surface area contributed by atoms with E-state index in [1.54, 1.807) is 6.07 Å². The summed E-state index contributed by atoms with van der Waals surface area (Å²) in [6, 6.07) is 4.28. The average molecular weight is 238 g/mol. The zero-order valence-electron chi connectivity index (χ0n) is 9.60. The monoisotopic (exact) mass is 238 g/mol. The quantitative estimate of drug-likeness (QED) is 0.768. The fourth-order valence-electron chi connectivity index (χ4n) is 2.15. The predicted molar refractivity (Wildman–Crippen MR) is 63.3 cm³/mol. The molecule has 0 saturated heterocycles. The molecule has 5 heteroatoms. The highest BCUT2D eigenvalue weighted by molar-refractivity contribution is 6.58. The fourth-order valence-corrected chi connectivity index (χ4v) is 2.15. The van der Waals surface area contributed by atoms with Gasteiger partial charge in [0.25, 0.3) is 0 Å². The smallest absolute Gasteiger partial charge is 0.423 e. The molecule has 0 amide bonds. The van der Waals surface area contributed by atoms with Crippen LogP contribution in [-0.2, 0) is 11.3 Å². The van der Waals surface area contributed by atoms with Gasteiger partial charge in [0.2, 0.25) is 0 Å². The van der Waals surface area contributed by atoms with Crippen LogP contribution in [0.25, 0.3) is 0 Å². The molecule has 3 nitrogen and oxygen atoms in total. The molecule has 2 N–H and O–H groups in total. The second-order valence-corrected chi connectivity index (χ2v) is 4.45. The lowest BCUT2D eigenvalue weighted by Crippen LogP contribution is -2.33. The molecule has 0 atom stereocenters. The molecule has 1 fully saturated rings. The largest absolute Gasteiger partial charge is 0.491 e. The molecule has 1 aromatic carbocycles. The average Bonchev–Trinajstić information content (AvgIpc) is 2.80. The molecule has 1 aromatic rings. The number of hydrogen-bond acceptors (Lipinski definition) is 3. The van der Waals surface area contributed by atoms with Gasteiger partial charge in [-0.05, 0) is 24.5 Å². The highest BCUT2D eigenvalue weighted by Crippen LogP contribution is 2.21. The zero-order valence-corrected chi connectivity index (χ0v) is 9.60. The summed E-state index contributed by atoms with van der Waals surface area (Å²) in [5.74, 6) is -0.607. The molecule has 1 saturated carbocycles. The molecule has 0 aliphatic heterocycles. The predicted octanol–water partition coefficient (Wildman–Crippen LogP) is 0.965. The van der Waals surface area contributed by atoms with Crippen LogP contribution in [0.5, 0.6) is 0 Å². The Morgan fingerprint density at radius 2 is 2.00 bits per heavy atom. The summed E-state index contributed by atoms with van der Waals surface area (Å²) in [4.78, 5) is 0. The van der Waals surface area contributed by atoms with E-state index in [1.807, 2.05) is 0 Å². The van der Waals surface area contributed by atoms with Crippen LogP contribution < -0.4 is 5.46 Å². The van der Waals surface area contributed by atoms with Crippen LogP contribution in [-0.4, -0.2) is 23.3 Å². The van der Waals surface area contributed by atoms with Crippen LogP contribution in [0, 0.1) is 5.82 Å². The summed E-state index contributed by atoms with van der Waals surface area (Å²) < 4.78 is 18.9. The number of halogens is 1. The third kappa shape index (κ3) is 3.28. The normalized spacial score (nSPS) is 16.4. The standard InChI is InChI=1S/C12H16BFO3/c14-12-6-5-9(7-11(12)13(15)16)8-17-10-3-1-2-4-10/h5-7,10,15-16H,1-4,8H2. The van der Waals surface area contributed by atoms with Crippen molar-refractivity contribution in [2.45, 2.75) is 38.4 Å². The Hall–Kier alpha value is -0.905. The highest BCUT2D eigenvalue weighted by atomic mass is 19.1. The second kappa shape index (κ2) is 5.62. The lowest BCUT2D eigenvalue weighted by molar-refractivity contribution is 0.0457. The van der Waals surface area contributed by atoms with E-state index in [0.29, 0.717) is 12.7 Å². The summed E-state index contributed by atoms with van der Waals surface area (Å²) >= 11 is 0. The van der Waals surface area contributed by atoms with Gasteiger partial charge in [-0.25, -0.2) is 4.39 Å². The zero-order chi connectivity index (χ0) is 12.3. The Bertz CT molecular complexity index is 378. The first kappa shape index (κ1) is 12.5. The third-order valence-corrected chi connectivity index (χ3v) is 3.13. The van der Waals surface area contributed by atoms with E-state index < -0.39 is 12.9 Å². The molecule has 2 rings (SSSR count). The summed E-state index contributed by atoms with van der Waals surface area (Å²) in [5, 5.41) is 18.0. The van der Waals surface area contributed by atoms with Gasteiger partial charge in [0.1, 0.15) is 5.82 Å². The summed E-state index contributed by atoms with van der Waals surface area (Å²) in [6.07, 6.45) is 4.86. The molecule has 0 unspecified atom stereocenters. The van der Waals surface area contributed by atoms with Crippen molar-refractivity contribution < 1.29 is 19.2 Å². The Morgan fingerprint density at radius 3 is 2.65 bits per heavy atom. The van der Waals surface area contributed by atoms with E-state index in [9.17, 15) is 4.39 Å². The van der Waals surface area contributed by atoms with E-state index >= 15 is 0 Å². The minimum Gasteiger partial charge on any atom is -0.423 e. The van der Waals surface area contributed by atoms with Crippen molar-refractivity contribution in [1.82, 2.24) is 0 Å². The topological polar surface area (TPSA) is 49.7 Å².